The van der Waals surface area contributed by atoms with Crippen LogP contribution in [0.2, 0.25) is 0 Å². The molecule has 2 heteroatoms. The van der Waals surface area contributed by atoms with Gasteiger partial charge in [-0.3, -0.25) is 4.79 Å². The minimum absolute atomic E-state index is 0.0248. The van der Waals surface area contributed by atoms with Crippen molar-refractivity contribution in [2.24, 2.45) is 17.8 Å². The fourth-order valence-corrected chi connectivity index (χ4v) is 5.27. The van der Waals surface area contributed by atoms with Gasteiger partial charge in [0.15, 0.2) is 0 Å². The van der Waals surface area contributed by atoms with Crippen LogP contribution in [-0.4, -0.2) is 12.6 Å². The molecular formula is C35H68O2. The van der Waals surface area contributed by atoms with Crippen LogP contribution in [0.3, 0.4) is 0 Å². The smallest absolute Gasteiger partial charge is 0.306 e. The summed E-state index contributed by atoms with van der Waals surface area (Å²) in [6, 6.07) is 0. The lowest BCUT2D eigenvalue weighted by molar-refractivity contribution is -0.142. The van der Waals surface area contributed by atoms with E-state index < -0.39 is 0 Å². The third-order valence-electron chi connectivity index (χ3n) is 8.05. The lowest BCUT2D eigenvalue weighted by Crippen LogP contribution is -2.04. The summed E-state index contributed by atoms with van der Waals surface area (Å²) in [4.78, 5) is 12.0. The van der Waals surface area contributed by atoms with Crippen LogP contribution >= 0.6 is 0 Å². The summed E-state index contributed by atoms with van der Waals surface area (Å²) in [5.41, 5.74) is 1.36. The molecule has 0 aromatic heterocycles. The molecule has 2 nitrogen and oxygen atoms in total. The number of carbonyl (C=O) groups is 1. The van der Waals surface area contributed by atoms with E-state index in [9.17, 15) is 4.79 Å². The van der Waals surface area contributed by atoms with E-state index in [0.717, 1.165) is 37.0 Å². The molecule has 0 radical (unpaired) electrons. The Kier molecular flexibility index (Phi) is 26.2. The summed E-state index contributed by atoms with van der Waals surface area (Å²) in [7, 11) is 0. The van der Waals surface area contributed by atoms with Gasteiger partial charge in [-0.2, -0.15) is 0 Å². The number of allylic oxidation sites excluding steroid dienone is 1. The minimum atomic E-state index is -0.0248. The summed E-state index contributed by atoms with van der Waals surface area (Å²) >= 11 is 0. The Morgan fingerprint density at radius 3 is 1.57 bits per heavy atom. The Hall–Kier alpha value is -0.790. The largest absolute Gasteiger partial charge is 0.461 e. The van der Waals surface area contributed by atoms with E-state index in [-0.39, 0.29) is 5.97 Å². The van der Waals surface area contributed by atoms with Crippen LogP contribution in [0.25, 0.3) is 0 Å². The highest BCUT2D eigenvalue weighted by molar-refractivity contribution is 5.69. The number of esters is 1. The van der Waals surface area contributed by atoms with Gasteiger partial charge in [-0.05, 0) is 50.0 Å². The van der Waals surface area contributed by atoms with Gasteiger partial charge < -0.3 is 4.74 Å². The van der Waals surface area contributed by atoms with Crippen LogP contribution in [0.5, 0.6) is 0 Å². The fourth-order valence-electron chi connectivity index (χ4n) is 5.27. The van der Waals surface area contributed by atoms with E-state index in [4.69, 9.17) is 4.74 Å². The van der Waals surface area contributed by atoms with Crippen LogP contribution in [0.15, 0.2) is 11.6 Å². The van der Waals surface area contributed by atoms with Crippen molar-refractivity contribution < 1.29 is 9.53 Å². The predicted octanol–water partition coefficient (Wildman–Crippen LogP) is 12.0. The van der Waals surface area contributed by atoms with Crippen molar-refractivity contribution in [2.75, 3.05) is 6.61 Å². The summed E-state index contributed by atoms with van der Waals surface area (Å²) in [5, 5.41) is 0. The molecule has 0 fully saturated rings. The van der Waals surface area contributed by atoms with Crippen molar-refractivity contribution in [2.45, 2.75) is 183 Å². The predicted molar refractivity (Wildman–Crippen MR) is 165 cm³/mol. The highest BCUT2D eigenvalue weighted by Gasteiger charge is 2.07. The summed E-state index contributed by atoms with van der Waals surface area (Å²) in [6.07, 6.45) is 30.6. The molecule has 0 aliphatic rings. The maximum absolute atomic E-state index is 12.0. The summed E-state index contributed by atoms with van der Waals surface area (Å²) in [5.74, 6) is 2.53. The van der Waals surface area contributed by atoms with Crippen molar-refractivity contribution in [1.82, 2.24) is 0 Å². The maximum atomic E-state index is 12.0. The van der Waals surface area contributed by atoms with Crippen molar-refractivity contribution in [3.63, 3.8) is 0 Å². The molecule has 0 N–H and O–H groups in total. The number of unbranched alkanes of at least 4 members (excludes halogenated alkanes) is 11. The molecular weight excluding hydrogens is 452 g/mol. The lowest BCUT2D eigenvalue weighted by atomic mass is 9.91. The van der Waals surface area contributed by atoms with Crippen LogP contribution < -0.4 is 0 Å². The average molecular weight is 521 g/mol. The third-order valence-corrected chi connectivity index (χ3v) is 8.05. The van der Waals surface area contributed by atoms with Gasteiger partial charge in [-0.15, -0.1) is 0 Å². The fraction of sp³-hybridized carbons (Fsp3) is 0.914. The Labute approximate surface area is 234 Å². The Morgan fingerprint density at radius 1 is 0.595 bits per heavy atom. The normalized spacial score (nSPS) is 13.8. The van der Waals surface area contributed by atoms with Gasteiger partial charge in [-0.1, -0.05) is 156 Å². The van der Waals surface area contributed by atoms with Gasteiger partial charge in [0.2, 0.25) is 0 Å². The zero-order valence-electron chi connectivity index (χ0n) is 26.4. The van der Waals surface area contributed by atoms with Gasteiger partial charge in [0, 0.05) is 6.42 Å². The molecule has 0 rings (SSSR count). The first kappa shape index (κ1) is 36.2. The monoisotopic (exact) mass is 521 g/mol. The number of hydrogen-bond acceptors (Lipinski definition) is 2. The van der Waals surface area contributed by atoms with Crippen molar-refractivity contribution in [3.05, 3.63) is 11.6 Å². The number of carbonyl (C=O) groups excluding carboxylic acids is 1. The molecule has 2 unspecified atom stereocenters. The first-order valence-corrected chi connectivity index (χ1v) is 16.7. The third kappa shape index (κ3) is 28.0. The Balaban J connectivity index is 3.57. The second kappa shape index (κ2) is 26.8. The summed E-state index contributed by atoms with van der Waals surface area (Å²) < 4.78 is 5.44. The Morgan fingerprint density at radius 2 is 1.05 bits per heavy atom. The topological polar surface area (TPSA) is 26.3 Å². The minimum Gasteiger partial charge on any atom is -0.461 e. The van der Waals surface area contributed by atoms with E-state index in [2.05, 4.69) is 47.6 Å². The molecule has 0 bridgehead atoms. The molecule has 0 saturated carbocycles. The van der Waals surface area contributed by atoms with Gasteiger partial charge in [0.1, 0.15) is 6.61 Å². The van der Waals surface area contributed by atoms with Crippen LogP contribution in [0.1, 0.15) is 183 Å². The van der Waals surface area contributed by atoms with E-state index in [1.807, 2.05) is 0 Å². The molecule has 0 aliphatic heterocycles. The van der Waals surface area contributed by atoms with Crippen LogP contribution in [0, 0.1) is 17.8 Å². The first-order valence-electron chi connectivity index (χ1n) is 16.7. The molecule has 0 saturated heterocycles. The molecule has 37 heavy (non-hydrogen) atoms. The molecule has 0 aromatic carbocycles. The van der Waals surface area contributed by atoms with E-state index in [1.54, 1.807) is 0 Å². The van der Waals surface area contributed by atoms with Crippen molar-refractivity contribution in [1.29, 1.82) is 0 Å². The number of ether oxygens (including phenoxy) is 1. The second-order valence-corrected chi connectivity index (χ2v) is 12.7. The quantitative estimate of drug-likeness (QED) is 0.0611. The maximum Gasteiger partial charge on any atom is 0.306 e. The zero-order chi connectivity index (χ0) is 27.6. The van der Waals surface area contributed by atoms with Crippen molar-refractivity contribution in [3.8, 4) is 0 Å². The SMILES string of the molecule is CCCCCCCCCCCCCCC(=O)OCC=C(C)CCCC(C)CCCC(C)CCCC(C)C. The van der Waals surface area contributed by atoms with E-state index >= 15 is 0 Å². The second-order valence-electron chi connectivity index (χ2n) is 12.7. The van der Waals surface area contributed by atoms with Gasteiger partial charge >= 0.3 is 5.97 Å². The summed E-state index contributed by atoms with van der Waals surface area (Å²) in [6.45, 7) is 14.4. The molecule has 0 heterocycles. The standard InChI is InChI=1S/C35H68O2/c1-7-8-9-10-11-12-13-14-15-16-17-18-28-35(36)37-30-29-34(6)27-21-26-33(5)25-20-24-32(4)23-19-22-31(2)3/h29,31-33H,7-28,30H2,1-6H3. The van der Waals surface area contributed by atoms with E-state index in [0.29, 0.717) is 13.0 Å². The van der Waals surface area contributed by atoms with E-state index in [1.165, 1.54) is 121 Å². The molecule has 0 amide bonds. The average Bonchev–Trinajstić information content (AvgIpc) is 2.84. The Bertz CT molecular complexity index is 521. The van der Waals surface area contributed by atoms with Crippen LogP contribution in [-0.2, 0) is 9.53 Å². The van der Waals surface area contributed by atoms with Crippen molar-refractivity contribution >= 4 is 5.97 Å². The van der Waals surface area contributed by atoms with Crippen LogP contribution in [0.4, 0.5) is 0 Å². The highest BCUT2D eigenvalue weighted by atomic mass is 16.5. The number of rotatable bonds is 27. The first-order chi connectivity index (χ1) is 17.8. The molecule has 0 spiro atoms. The molecule has 0 aromatic rings. The van der Waals surface area contributed by atoms with Gasteiger partial charge in [-0.25, -0.2) is 0 Å². The molecule has 2 atom stereocenters. The number of hydrogen-bond donors (Lipinski definition) is 0. The molecule has 0 aliphatic carbocycles. The van der Waals surface area contributed by atoms with Gasteiger partial charge in [0.05, 0.1) is 0 Å². The lowest BCUT2D eigenvalue weighted by Gasteiger charge is -2.15. The van der Waals surface area contributed by atoms with Gasteiger partial charge in [0.25, 0.3) is 0 Å². The molecule has 220 valence electrons. The highest BCUT2D eigenvalue weighted by Crippen LogP contribution is 2.22. The zero-order valence-corrected chi connectivity index (χ0v) is 26.4.